The van der Waals surface area contributed by atoms with Gasteiger partial charge in [-0.3, -0.25) is 4.79 Å². The van der Waals surface area contributed by atoms with Gasteiger partial charge in [0.05, 0.1) is 11.6 Å². The molecule has 3 nitrogen and oxygen atoms in total. The van der Waals surface area contributed by atoms with E-state index in [9.17, 15) is 4.79 Å². The van der Waals surface area contributed by atoms with E-state index in [0.29, 0.717) is 5.92 Å². The first-order valence-corrected chi connectivity index (χ1v) is 6.54. The molecule has 0 aliphatic carbocycles. The first-order valence-electron chi connectivity index (χ1n) is 6.54. The zero-order valence-corrected chi connectivity index (χ0v) is 11.5. The van der Waals surface area contributed by atoms with Gasteiger partial charge in [0, 0.05) is 0 Å². The Morgan fingerprint density at radius 1 is 1.19 bits per heavy atom. The Hall–Kier alpha value is -0.570. The maximum absolute atomic E-state index is 12.3. The molecule has 1 amide bonds. The maximum atomic E-state index is 12.3. The molecule has 0 saturated carbocycles. The van der Waals surface area contributed by atoms with Crippen molar-refractivity contribution in [2.75, 3.05) is 0 Å². The molecule has 0 fully saturated rings. The maximum Gasteiger partial charge on any atom is 0.227 e. The van der Waals surface area contributed by atoms with E-state index in [4.69, 9.17) is 5.73 Å². The van der Waals surface area contributed by atoms with E-state index in [2.05, 4.69) is 33.0 Å². The lowest BCUT2D eigenvalue weighted by molar-refractivity contribution is -0.135. The van der Waals surface area contributed by atoms with Crippen molar-refractivity contribution in [3.8, 4) is 0 Å². The molecule has 0 aromatic heterocycles. The summed E-state index contributed by atoms with van der Waals surface area (Å²) in [7, 11) is 0. The number of hydrogen-bond donors (Lipinski definition) is 2. The third-order valence-electron chi connectivity index (χ3n) is 4.03. The summed E-state index contributed by atoms with van der Waals surface area (Å²) in [6, 6.07) is 0. The van der Waals surface area contributed by atoms with E-state index in [1.807, 2.05) is 6.92 Å². The Morgan fingerprint density at radius 2 is 1.69 bits per heavy atom. The topological polar surface area (TPSA) is 55.1 Å². The van der Waals surface area contributed by atoms with Gasteiger partial charge < -0.3 is 11.1 Å². The fourth-order valence-corrected chi connectivity index (χ4v) is 2.30. The van der Waals surface area contributed by atoms with Gasteiger partial charge in [-0.2, -0.15) is 0 Å². The van der Waals surface area contributed by atoms with Crippen LogP contribution in [-0.4, -0.2) is 12.1 Å². The van der Waals surface area contributed by atoms with Gasteiger partial charge in [-0.15, -0.1) is 0 Å². The number of nitrogens with two attached hydrogens (primary N) is 1. The minimum Gasteiger partial charge on any atom is -0.341 e. The predicted octanol–water partition coefficient (Wildman–Crippen LogP) is 2.65. The number of rotatable bonds is 7. The van der Waals surface area contributed by atoms with Crippen LogP contribution in [0.5, 0.6) is 0 Å². The van der Waals surface area contributed by atoms with E-state index in [-0.39, 0.29) is 17.5 Å². The summed E-state index contributed by atoms with van der Waals surface area (Å²) < 4.78 is 0. The van der Waals surface area contributed by atoms with Crippen LogP contribution in [0.4, 0.5) is 0 Å². The van der Waals surface area contributed by atoms with Crippen molar-refractivity contribution in [3.05, 3.63) is 0 Å². The number of carbonyl (C=O) groups is 1. The second-order valence-electron chi connectivity index (χ2n) is 4.66. The van der Waals surface area contributed by atoms with E-state index >= 15 is 0 Å². The molecule has 0 rings (SSSR count). The summed E-state index contributed by atoms with van der Waals surface area (Å²) in [5, 5.41) is 2.93. The van der Waals surface area contributed by atoms with Gasteiger partial charge in [-0.05, 0) is 25.2 Å². The van der Waals surface area contributed by atoms with Crippen molar-refractivity contribution in [2.24, 2.45) is 17.1 Å². The van der Waals surface area contributed by atoms with Gasteiger partial charge in [0.2, 0.25) is 5.91 Å². The molecular formula is C13H28N2O. The molecule has 0 bridgehead atoms. The molecule has 0 heterocycles. The van der Waals surface area contributed by atoms with Crippen LogP contribution in [0.1, 0.15) is 60.3 Å². The fraction of sp³-hybridized carbons (Fsp3) is 0.923. The third kappa shape index (κ3) is 3.21. The number of carbonyl (C=O) groups excluding carboxylic acids is 1. The largest absolute Gasteiger partial charge is 0.341 e. The van der Waals surface area contributed by atoms with Crippen LogP contribution >= 0.6 is 0 Å². The molecule has 2 unspecified atom stereocenters. The lowest BCUT2D eigenvalue weighted by Crippen LogP contribution is -2.50. The number of hydrogen-bond acceptors (Lipinski definition) is 2. The van der Waals surface area contributed by atoms with Crippen LogP contribution in [0.2, 0.25) is 0 Å². The molecule has 96 valence electrons. The standard InChI is InChI=1S/C13H28N2O/c1-6-10(5)13(8-3,9-4)12(16)15-11(14)7-2/h10-11H,6-9,14H2,1-5H3,(H,15,16). The van der Waals surface area contributed by atoms with E-state index in [1.165, 1.54) is 0 Å². The smallest absolute Gasteiger partial charge is 0.227 e. The summed E-state index contributed by atoms with van der Waals surface area (Å²) >= 11 is 0. The Balaban J connectivity index is 4.82. The lowest BCUT2D eigenvalue weighted by atomic mass is 9.70. The zero-order valence-electron chi connectivity index (χ0n) is 11.5. The summed E-state index contributed by atoms with van der Waals surface area (Å²) in [5.74, 6) is 0.521. The fourth-order valence-electron chi connectivity index (χ4n) is 2.30. The Labute approximate surface area is 100 Å². The highest BCUT2D eigenvalue weighted by Crippen LogP contribution is 2.37. The van der Waals surface area contributed by atoms with Crippen molar-refractivity contribution in [1.82, 2.24) is 5.32 Å². The van der Waals surface area contributed by atoms with Gasteiger partial charge in [-0.25, -0.2) is 0 Å². The van der Waals surface area contributed by atoms with Crippen molar-refractivity contribution < 1.29 is 4.79 Å². The molecule has 3 heteroatoms. The summed E-state index contributed by atoms with van der Waals surface area (Å²) in [6.45, 7) is 10.5. The quantitative estimate of drug-likeness (QED) is 0.658. The van der Waals surface area contributed by atoms with Crippen molar-refractivity contribution >= 4 is 5.91 Å². The highest BCUT2D eigenvalue weighted by Gasteiger charge is 2.39. The van der Waals surface area contributed by atoms with Crippen LogP contribution in [0.25, 0.3) is 0 Å². The third-order valence-corrected chi connectivity index (χ3v) is 4.03. The zero-order chi connectivity index (χ0) is 12.8. The van der Waals surface area contributed by atoms with Gasteiger partial charge in [0.15, 0.2) is 0 Å². The highest BCUT2D eigenvalue weighted by atomic mass is 16.2. The normalized spacial score (nSPS) is 15.6. The van der Waals surface area contributed by atoms with Crippen molar-refractivity contribution in [1.29, 1.82) is 0 Å². The lowest BCUT2D eigenvalue weighted by Gasteiger charge is -2.36. The minimum absolute atomic E-state index is 0.126. The molecule has 3 N–H and O–H groups in total. The Kier molecular flexibility index (Phi) is 6.65. The Bertz CT molecular complexity index is 212. The van der Waals surface area contributed by atoms with E-state index in [0.717, 1.165) is 25.7 Å². The molecule has 2 atom stereocenters. The molecule has 16 heavy (non-hydrogen) atoms. The first kappa shape index (κ1) is 15.4. The van der Waals surface area contributed by atoms with Gasteiger partial charge in [-0.1, -0.05) is 41.0 Å². The Morgan fingerprint density at radius 3 is 2.00 bits per heavy atom. The highest BCUT2D eigenvalue weighted by molar-refractivity contribution is 5.83. The second-order valence-corrected chi connectivity index (χ2v) is 4.66. The van der Waals surface area contributed by atoms with Crippen LogP contribution in [0.3, 0.4) is 0 Å². The molecule has 0 aliphatic rings. The van der Waals surface area contributed by atoms with Gasteiger partial charge >= 0.3 is 0 Å². The average Bonchev–Trinajstić information content (AvgIpc) is 2.30. The molecule has 0 radical (unpaired) electrons. The van der Waals surface area contributed by atoms with E-state index < -0.39 is 0 Å². The molecule has 0 aromatic rings. The summed E-state index contributed by atoms with van der Waals surface area (Å²) in [6.07, 6.45) is 3.34. The number of amides is 1. The van der Waals surface area contributed by atoms with Crippen LogP contribution in [-0.2, 0) is 4.79 Å². The van der Waals surface area contributed by atoms with Gasteiger partial charge in [0.25, 0.3) is 0 Å². The number of nitrogens with one attached hydrogen (secondary N) is 1. The van der Waals surface area contributed by atoms with E-state index in [1.54, 1.807) is 0 Å². The van der Waals surface area contributed by atoms with Crippen molar-refractivity contribution in [2.45, 2.75) is 66.5 Å². The van der Waals surface area contributed by atoms with Crippen molar-refractivity contribution in [3.63, 3.8) is 0 Å². The molecule has 0 aliphatic heterocycles. The van der Waals surface area contributed by atoms with Crippen LogP contribution in [0.15, 0.2) is 0 Å². The molecule has 0 aromatic carbocycles. The average molecular weight is 228 g/mol. The minimum atomic E-state index is -0.248. The summed E-state index contributed by atoms with van der Waals surface area (Å²) in [5.41, 5.74) is 5.54. The predicted molar refractivity (Wildman–Crippen MR) is 68.9 cm³/mol. The summed E-state index contributed by atoms with van der Waals surface area (Å²) in [4.78, 5) is 12.3. The first-order chi connectivity index (χ1) is 7.48. The SMILES string of the molecule is CCC(N)NC(=O)C(CC)(CC)C(C)CC. The monoisotopic (exact) mass is 228 g/mol. The van der Waals surface area contributed by atoms with Crippen LogP contribution in [0, 0.1) is 11.3 Å². The molecule has 0 spiro atoms. The second kappa shape index (κ2) is 6.89. The molecular weight excluding hydrogens is 200 g/mol. The molecule has 0 saturated heterocycles. The van der Waals surface area contributed by atoms with Crippen LogP contribution < -0.4 is 11.1 Å². The van der Waals surface area contributed by atoms with Gasteiger partial charge in [0.1, 0.15) is 0 Å².